The molecule has 0 radical (unpaired) electrons. The maximum atomic E-state index is 11.9. The lowest BCUT2D eigenvalue weighted by molar-refractivity contribution is -0.137. The molecule has 0 fully saturated rings. The smallest absolute Gasteiger partial charge is 0.243 e. The van der Waals surface area contributed by atoms with Crippen molar-refractivity contribution in [1.29, 1.82) is 5.26 Å². The summed E-state index contributed by atoms with van der Waals surface area (Å²) in [6.07, 6.45) is 2.77. The van der Waals surface area contributed by atoms with Crippen molar-refractivity contribution in [3.63, 3.8) is 0 Å². The lowest BCUT2D eigenvalue weighted by Gasteiger charge is -2.27. The van der Waals surface area contributed by atoms with E-state index in [4.69, 9.17) is 5.26 Å². The normalized spacial score (nSPS) is 10.4. The summed E-state index contributed by atoms with van der Waals surface area (Å²) in [4.78, 5) is 13.4. The zero-order valence-corrected chi connectivity index (χ0v) is 9.21. The molecule has 0 unspecified atom stereocenters. The molecule has 0 aliphatic rings. The van der Waals surface area contributed by atoms with Gasteiger partial charge in [-0.25, -0.2) is 0 Å². The van der Waals surface area contributed by atoms with Crippen molar-refractivity contribution in [2.75, 3.05) is 13.6 Å². The van der Waals surface area contributed by atoms with Gasteiger partial charge in [-0.15, -0.1) is 6.58 Å². The Hall–Kier alpha value is -1.30. The quantitative estimate of drug-likeness (QED) is 0.628. The molecule has 0 aromatic carbocycles. The summed E-state index contributed by atoms with van der Waals surface area (Å²) in [5.74, 6) is -0.107. The molecular weight excluding hydrogens is 176 g/mol. The van der Waals surface area contributed by atoms with Crippen LogP contribution in [0, 0.1) is 16.7 Å². The van der Waals surface area contributed by atoms with E-state index >= 15 is 0 Å². The molecule has 3 nitrogen and oxygen atoms in total. The first kappa shape index (κ1) is 12.7. The molecule has 0 rings (SSSR count). The molecule has 0 saturated carbocycles. The number of hydrogen-bond donors (Lipinski definition) is 0. The minimum Gasteiger partial charge on any atom is -0.341 e. The highest BCUT2D eigenvalue weighted by Crippen LogP contribution is 2.27. The van der Waals surface area contributed by atoms with E-state index in [1.54, 1.807) is 18.0 Å². The van der Waals surface area contributed by atoms with Crippen LogP contribution in [0.5, 0.6) is 0 Å². The third-order valence-electron chi connectivity index (χ3n) is 2.58. The van der Waals surface area contributed by atoms with Crippen molar-refractivity contribution in [2.45, 2.75) is 26.7 Å². The average Bonchev–Trinajstić information content (AvgIpc) is 2.21. The largest absolute Gasteiger partial charge is 0.341 e. The summed E-state index contributed by atoms with van der Waals surface area (Å²) >= 11 is 0. The number of carbonyl (C=O) groups excluding carboxylic acids is 1. The van der Waals surface area contributed by atoms with Crippen LogP contribution in [0.25, 0.3) is 0 Å². The molecule has 0 aromatic rings. The Morgan fingerprint density at radius 3 is 2.36 bits per heavy atom. The van der Waals surface area contributed by atoms with Crippen LogP contribution in [0.1, 0.15) is 26.7 Å². The van der Waals surface area contributed by atoms with Crippen molar-refractivity contribution in [2.24, 2.45) is 5.41 Å². The van der Waals surface area contributed by atoms with Crippen LogP contribution in [0.15, 0.2) is 12.7 Å². The molecule has 0 aliphatic heterocycles. The van der Waals surface area contributed by atoms with Crippen LogP contribution >= 0.6 is 0 Å². The van der Waals surface area contributed by atoms with Gasteiger partial charge >= 0.3 is 0 Å². The van der Waals surface area contributed by atoms with E-state index in [0.717, 1.165) is 0 Å². The van der Waals surface area contributed by atoms with Gasteiger partial charge in [0.15, 0.2) is 0 Å². The number of hydrogen-bond acceptors (Lipinski definition) is 2. The van der Waals surface area contributed by atoms with Gasteiger partial charge in [0.25, 0.3) is 0 Å². The first-order valence-electron chi connectivity index (χ1n) is 4.85. The summed E-state index contributed by atoms with van der Waals surface area (Å²) in [6, 6.07) is 2.13. The fourth-order valence-electron chi connectivity index (χ4n) is 1.40. The van der Waals surface area contributed by atoms with Crippen molar-refractivity contribution in [1.82, 2.24) is 4.90 Å². The zero-order chi connectivity index (χ0) is 11.2. The molecule has 1 amide bonds. The van der Waals surface area contributed by atoms with E-state index in [2.05, 4.69) is 12.6 Å². The van der Waals surface area contributed by atoms with Gasteiger partial charge in [-0.05, 0) is 12.8 Å². The SMILES string of the molecule is C=CCN(C)C(=O)C(C#N)(CC)CC. The second-order valence-corrected chi connectivity index (χ2v) is 3.38. The van der Waals surface area contributed by atoms with Crippen LogP contribution < -0.4 is 0 Å². The number of amides is 1. The van der Waals surface area contributed by atoms with E-state index in [1.165, 1.54) is 0 Å². The summed E-state index contributed by atoms with van der Waals surface area (Å²) in [6.45, 7) is 7.79. The molecule has 0 aliphatic carbocycles. The van der Waals surface area contributed by atoms with E-state index in [1.807, 2.05) is 13.8 Å². The second kappa shape index (κ2) is 5.43. The highest BCUT2D eigenvalue weighted by Gasteiger charge is 2.36. The van der Waals surface area contributed by atoms with Gasteiger partial charge in [0.1, 0.15) is 5.41 Å². The maximum absolute atomic E-state index is 11.9. The Balaban J connectivity index is 4.78. The Morgan fingerprint density at radius 2 is 2.07 bits per heavy atom. The van der Waals surface area contributed by atoms with Crippen molar-refractivity contribution < 1.29 is 4.79 Å². The molecule has 0 N–H and O–H groups in total. The third kappa shape index (κ3) is 2.35. The molecular formula is C11H18N2O. The summed E-state index contributed by atoms with van der Waals surface area (Å²) in [5, 5.41) is 9.04. The number of rotatable bonds is 5. The van der Waals surface area contributed by atoms with Gasteiger partial charge in [0, 0.05) is 13.6 Å². The Bertz CT molecular complexity index is 249. The van der Waals surface area contributed by atoms with Gasteiger partial charge in [0.05, 0.1) is 6.07 Å². The molecule has 0 heterocycles. The Morgan fingerprint density at radius 1 is 1.57 bits per heavy atom. The van der Waals surface area contributed by atoms with Crippen molar-refractivity contribution >= 4 is 5.91 Å². The molecule has 0 spiro atoms. The Labute approximate surface area is 86.0 Å². The molecule has 0 atom stereocenters. The third-order valence-corrected chi connectivity index (χ3v) is 2.58. The predicted octanol–water partition coefficient (Wildman–Crippen LogP) is 1.96. The fourth-order valence-corrected chi connectivity index (χ4v) is 1.40. The zero-order valence-electron chi connectivity index (χ0n) is 9.21. The number of likely N-dealkylation sites (N-methyl/N-ethyl adjacent to an activating group) is 1. The average molecular weight is 194 g/mol. The van der Waals surface area contributed by atoms with Gasteiger partial charge in [-0.2, -0.15) is 5.26 Å². The molecule has 78 valence electrons. The van der Waals surface area contributed by atoms with Gasteiger partial charge in [-0.1, -0.05) is 19.9 Å². The monoisotopic (exact) mass is 194 g/mol. The minimum atomic E-state index is -0.849. The predicted molar refractivity (Wildman–Crippen MR) is 56.5 cm³/mol. The van der Waals surface area contributed by atoms with Crippen molar-refractivity contribution in [3.05, 3.63) is 12.7 Å². The lowest BCUT2D eigenvalue weighted by atomic mass is 9.82. The highest BCUT2D eigenvalue weighted by molar-refractivity contribution is 5.85. The van der Waals surface area contributed by atoms with E-state index < -0.39 is 5.41 Å². The van der Waals surface area contributed by atoms with Gasteiger partial charge in [-0.3, -0.25) is 4.79 Å². The van der Waals surface area contributed by atoms with Crippen LogP contribution in [0.3, 0.4) is 0 Å². The van der Waals surface area contributed by atoms with Crippen molar-refractivity contribution in [3.8, 4) is 6.07 Å². The van der Waals surface area contributed by atoms with Gasteiger partial charge < -0.3 is 4.90 Å². The number of nitrogens with zero attached hydrogens (tertiary/aromatic N) is 2. The lowest BCUT2D eigenvalue weighted by Crippen LogP contribution is -2.40. The maximum Gasteiger partial charge on any atom is 0.243 e. The summed E-state index contributed by atoms with van der Waals surface area (Å²) in [5.41, 5.74) is -0.849. The second-order valence-electron chi connectivity index (χ2n) is 3.38. The highest BCUT2D eigenvalue weighted by atomic mass is 16.2. The number of carbonyl (C=O) groups is 1. The summed E-state index contributed by atoms with van der Waals surface area (Å²) < 4.78 is 0. The fraction of sp³-hybridized carbons (Fsp3) is 0.636. The molecule has 0 aromatic heterocycles. The molecule has 0 saturated heterocycles. The van der Waals surface area contributed by atoms with Crippen LogP contribution in [0.4, 0.5) is 0 Å². The van der Waals surface area contributed by atoms with Crippen LogP contribution in [0.2, 0.25) is 0 Å². The first-order valence-corrected chi connectivity index (χ1v) is 4.85. The Kier molecular flexibility index (Phi) is 4.93. The van der Waals surface area contributed by atoms with Crippen LogP contribution in [-0.2, 0) is 4.79 Å². The van der Waals surface area contributed by atoms with E-state index in [9.17, 15) is 4.79 Å². The van der Waals surface area contributed by atoms with Gasteiger partial charge in [0.2, 0.25) is 5.91 Å². The topological polar surface area (TPSA) is 44.1 Å². The van der Waals surface area contributed by atoms with E-state index in [-0.39, 0.29) is 5.91 Å². The molecule has 0 bridgehead atoms. The van der Waals surface area contributed by atoms with Crippen LogP contribution in [-0.4, -0.2) is 24.4 Å². The first-order chi connectivity index (χ1) is 6.57. The molecule has 14 heavy (non-hydrogen) atoms. The number of nitriles is 1. The standard InChI is InChI=1S/C11H18N2O/c1-5-8-13(4)10(14)11(6-2,7-3)9-12/h5H,1,6-8H2,2-4H3. The van der Waals surface area contributed by atoms with E-state index in [0.29, 0.717) is 19.4 Å². The summed E-state index contributed by atoms with van der Waals surface area (Å²) in [7, 11) is 1.70. The minimum absolute atomic E-state index is 0.107. The molecule has 3 heteroatoms.